The van der Waals surface area contributed by atoms with E-state index in [4.69, 9.17) is 15.6 Å². The van der Waals surface area contributed by atoms with Crippen molar-refractivity contribution in [2.24, 2.45) is 11.7 Å². The van der Waals surface area contributed by atoms with Crippen molar-refractivity contribution >= 4 is 24.3 Å². The fraction of sp³-hybridized carbons (Fsp3) is 0.750. The fourth-order valence-corrected chi connectivity index (χ4v) is 1.11. The van der Waals surface area contributed by atoms with Crippen LogP contribution in [0.25, 0.3) is 0 Å². The van der Waals surface area contributed by atoms with Gasteiger partial charge in [0.25, 0.3) is 5.97 Å². The number of hydrogen-bond donors (Lipinski definition) is 3. The minimum atomic E-state index is -0.833. The molecule has 84 valence electrons. The van der Waals surface area contributed by atoms with Crippen molar-refractivity contribution in [3.05, 3.63) is 0 Å². The molecule has 4 N–H and O–H groups in total. The van der Waals surface area contributed by atoms with Crippen LogP contribution in [0.4, 0.5) is 0 Å². The Labute approximate surface area is 89.5 Å². The van der Waals surface area contributed by atoms with E-state index < -0.39 is 5.97 Å². The molecule has 1 aliphatic heterocycles. The van der Waals surface area contributed by atoms with Crippen molar-refractivity contribution in [3.8, 4) is 0 Å². The van der Waals surface area contributed by atoms with Gasteiger partial charge in [-0.3, -0.25) is 9.59 Å². The lowest BCUT2D eigenvalue weighted by Crippen LogP contribution is -2.34. The monoisotopic (exact) mass is 224 g/mol. The largest absolute Gasteiger partial charge is 0.481 e. The average Bonchev–Trinajstić information content (AvgIpc) is 2.05. The van der Waals surface area contributed by atoms with E-state index in [1.54, 1.807) is 0 Å². The molecular weight excluding hydrogens is 208 g/mol. The van der Waals surface area contributed by atoms with E-state index in [1.807, 2.05) is 0 Å². The van der Waals surface area contributed by atoms with Gasteiger partial charge in [-0.1, -0.05) is 0 Å². The highest BCUT2D eigenvalue weighted by molar-refractivity contribution is 5.85. The van der Waals surface area contributed by atoms with Gasteiger partial charge >= 0.3 is 0 Å². The molecular formula is C8H17ClN2O3. The molecule has 0 saturated carbocycles. The molecule has 1 amide bonds. The molecule has 0 aromatic heterocycles. The molecule has 5 nitrogen and oxygen atoms in total. The first-order valence-electron chi connectivity index (χ1n) is 4.23. The van der Waals surface area contributed by atoms with Gasteiger partial charge in [0.15, 0.2) is 0 Å². The van der Waals surface area contributed by atoms with E-state index >= 15 is 0 Å². The Kier molecular flexibility index (Phi) is 9.81. The van der Waals surface area contributed by atoms with Crippen LogP contribution in [0.2, 0.25) is 0 Å². The average molecular weight is 225 g/mol. The van der Waals surface area contributed by atoms with Crippen molar-refractivity contribution < 1.29 is 14.7 Å². The third-order valence-electron chi connectivity index (χ3n) is 1.74. The summed E-state index contributed by atoms with van der Waals surface area (Å²) in [5.41, 5.74) is 5.10. The van der Waals surface area contributed by atoms with Crippen LogP contribution in [0.5, 0.6) is 0 Å². The molecule has 1 aliphatic rings. The molecule has 1 fully saturated rings. The van der Waals surface area contributed by atoms with Crippen molar-refractivity contribution in [2.75, 3.05) is 13.1 Å². The Morgan fingerprint density at radius 2 is 1.71 bits per heavy atom. The van der Waals surface area contributed by atoms with Crippen LogP contribution in [0.1, 0.15) is 19.8 Å². The van der Waals surface area contributed by atoms with E-state index in [0.29, 0.717) is 0 Å². The molecule has 14 heavy (non-hydrogen) atoms. The fourth-order valence-electron chi connectivity index (χ4n) is 1.11. The Bertz CT molecular complexity index is 177. The van der Waals surface area contributed by atoms with E-state index in [0.717, 1.165) is 32.9 Å². The number of carbonyl (C=O) groups excluding carboxylic acids is 1. The maximum Gasteiger partial charge on any atom is 0.300 e. The maximum atomic E-state index is 10.5. The van der Waals surface area contributed by atoms with Crippen LogP contribution >= 0.6 is 12.4 Å². The number of carbonyl (C=O) groups is 2. The Balaban J connectivity index is 0. The lowest BCUT2D eigenvalue weighted by atomic mass is 9.98. The van der Waals surface area contributed by atoms with Crippen LogP contribution in [-0.2, 0) is 9.59 Å². The molecule has 0 spiro atoms. The predicted molar refractivity (Wildman–Crippen MR) is 55.3 cm³/mol. The van der Waals surface area contributed by atoms with Gasteiger partial charge in [-0.25, -0.2) is 0 Å². The number of amides is 1. The number of aliphatic carboxylic acids is 1. The minimum Gasteiger partial charge on any atom is -0.481 e. The summed E-state index contributed by atoms with van der Waals surface area (Å²) >= 11 is 0. The van der Waals surface area contributed by atoms with Crippen molar-refractivity contribution in [3.63, 3.8) is 0 Å². The molecule has 1 rings (SSSR count). The summed E-state index contributed by atoms with van der Waals surface area (Å²) in [6.07, 6.45) is 1.82. The second-order valence-corrected chi connectivity index (χ2v) is 2.95. The van der Waals surface area contributed by atoms with Gasteiger partial charge in [-0.05, 0) is 25.9 Å². The first-order chi connectivity index (χ1) is 6.04. The number of primary amides is 1. The summed E-state index contributed by atoms with van der Waals surface area (Å²) in [6.45, 7) is 2.96. The summed E-state index contributed by atoms with van der Waals surface area (Å²) in [7, 11) is 0. The quantitative estimate of drug-likeness (QED) is 0.584. The van der Waals surface area contributed by atoms with Crippen molar-refractivity contribution in [1.82, 2.24) is 5.32 Å². The molecule has 1 heterocycles. The molecule has 0 aromatic carbocycles. The summed E-state index contributed by atoms with van der Waals surface area (Å²) < 4.78 is 0. The van der Waals surface area contributed by atoms with Gasteiger partial charge in [0, 0.05) is 12.8 Å². The Hall–Kier alpha value is -0.810. The first kappa shape index (κ1) is 15.7. The first-order valence-corrected chi connectivity index (χ1v) is 4.23. The Morgan fingerprint density at radius 1 is 1.36 bits per heavy atom. The van der Waals surface area contributed by atoms with E-state index in [1.165, 1.54) is 0 Å². The third-order valence-corrected chi connectivity index (χ3v) is 1.74. The van der Waals surface area contributed by atoms with E-state index in [-0.39, 0.29) is 24.2 Å². The number of nitrogens with one attached hydrogen (secondary N) is 1. The zero-order chi connectivity index (χ0) is 10.3. The van der Waals surface area contributed by atoms with E-state index in [2.05, 4.69) is 5.32 Å². The molecule has 0 bridgehead atoms. The maximum absolute atomic E-state index is 10.5. The molecule has 0 unspecified atom stereocenters. The molecule has 0 aromatic rings. The second-order valence-electron chi connectivity index (χ2n) is 2.95. The summed E-state index contributed by atoms with van der Waals surface area (Å²) in [5, 5.41) is 10.6. The number of piperidine rings is 1. The van der Waals surface area contributed by atoms with Crippen LogP contribution in [0.3, 0.4) is 0 Å². The van der Waals surface area contributed by atoms with Gasteiger partial charge in [-0.15, -0.1) is 12.4 Å². The zero-order valence-corrected chi connectivity index (χ0v) is 8.97. The van der Waals surface area contributed by atoms with Crippen molar-refractivity contribution in [2.45, 2.75) is 19.8 Å². The summed E-state index contributed by atoms with van der Waals surface area (Å²) in [5.74, 6) is -0.845. The molecule has 0 radical (unpaired) electrons. The standard InChI is InChI=1S/C6H12N2O.C2H4O2.ClH/c7-6(9)5-1-3-8-4-2-5;1-2(3)4;/h5,8H,1-4H2,(H2,7,9);1H3,(H,3,4);1H. The highest BCUT2D eigenvalue weighted by Crippen LogP contribution is 2.09. The van der Waals surface area contributed by atoms with Crippen LogP contribution in [0, 0.1) is 5.92 Å². The Morgan fingerprint density at radius 3 is 1.93 bits per heavy atom. The normalized spacial score (nSPS) is 15.8. The topological polar surface area (TPSA) is 92.4 Å². The van der Waals surface area contributed by atoms with Crippen molar-refractivity contribution in [1.29, 1.82) is 0 Å². The second kappa shape index (κ2) is 8.77. The van der Waals surface area contributed by atoms with Gasteiger partial charge < -0.3 is 16.2 Å². The van der Waals surface area contributed by atoms with Gasteiger partial charge in [0.05, 0.1) is 0 Å². The lowest BCUT2D eigenvalue weighted by molar-refractivity contribution is -0.134. The van der Waals surface area contributed by atoms with Gasteiger partial charge in [-0.2, -0.15) is 0 Å². The van der Waals surface area contributed by atoms with Crippen LogP contribution in [0.15, 0.2) is 0 Å². The number of hydrogen-bond acceptors (Lipinski definition) is 3. The van der Waals surface area contributed by atoms with Gasteiger partial charge in [0.2, 0.25) is 5.91 Å². The molecule has 0 aliphatic carbocycles. The smallest absolute Gasteiger partial charge is 0.300 e. The number of carboxylic acids is 1. The number of halogens is 1. The minimum absolute atomic E-state index is 0. The SMILES string of the molecule is CC(=O)O.Cl.NC(=O)C1CCNCC1. The molecule has 0 atom stereocenters. The molecule has 1 saturated heterocycles. The predicted octanol–water partition coefficient (Wildman–Crippen LogP) is -0.0160. The summed E-state index contributed by atoms with van der Waals surface area (Å²) in [4.78, 5) is 19.5. The molecule has 6 heteroatoms. The van der Waals surface area contributed by atoms with Gasteiger partial charge in [0.1, 0.15) is 0 Å². The summed E-state index contributed by atoms with van der Waals surface area (Å²) in [6, 6.07) is 0. The van der Waals surface area contributed by atoms with Crippen LogP contribution in [-0.4, -0.2) is 30.1 Å². The zero-order valence-electron chi connectivity index (χ0n) is 8.16. The lowest BCUT2D eigenvalue weighted by Gasteiger charge is -2.18. The van der Waals surface area contributed by atoms with Crippen LogP contribution < -0.4 is 11.1 Å². The number of rotatable bonds is 1. The highest BCUT2D eigenvalue weighted by Gasteiger charge is 2.17. The van der Waals surface area contributed by atoms with E-state index in [9.17, 15) is 4.79 Å². The number of carboxylic acid groups (broad SMARTS) is 1. The highest BCUT2D eigenvalue weighted by atomic mass is 35.5. The number of nitrogens with two attached hydrogens (primary N) is 1. The third kappa shape index (κ3) is 9.28.